The molecule has 1 N–H and O–H groups in total. The van der Waals surface area contributed by atoms with Crippen LogP contribution in [-0.2, 0) is 6.54 Å². The molecule has 1 saturated heterocycles. The molecule has 0 bridgehead atoms. The van der Waals surface area contributed by atoms with Crippen molar-refractivity contribution in [3.63, 3.8) is 0 Å². The number of nitrogens with zero attached hydrogens (tertiary/aromatic N) is 3. The second kappa shape index (κ2) is 7.81. The second-order valence-electron chi connectivity index (χ2n) is 7.05. The largest absolute Gasteiger partial charge is 0.492 e. The van der Waals surface area contributed by atoms with Gasteiger partial charge in [-0.2, -0.15) is 10.4 Å². The number of H-pyrrole nitrogens is 1. The number of piperidine rings is 1. The summed E-state index contributed by atoms with van der Waals surface area (Å²) in [5.41, 5.74) is 4.67. The molecule has 0 aliphatic carbocycles. The minimum atomic E-state index is 0.526. The van der Waals surface area contributed by atoms with Gasteiger partial charge in [-0.1, -0.05) is 24.6 Å². The van der Waals surface area contributed by atoms with Gasteiger partial charge < -0.3 is 4.74 Å². The lowest BCUT2D eigenvalue weighted by Gasteiger charge is -2.26. The summed E-state index contributed by atoms with van der Waals surface area (Å²) in [6.07, 6.45) is 3.94. The molecular formula is C22H24N4O. The Morgan fingerprint density at radius 2 is 2.04 bits per heavy atom. The summed E-state index contributed by atoms with van der Waals surface area (Å²) < 4.78 is 5.65. The van der Waals surface area contributed by atoms with Gasteiger partial charge in [-0.05, 0) is 56.6 Å². The first-order valence-electron chi connectivity index (χ1n) is 9.65. The summed E-state index contributed by atoms with van der Waals surface area (Å²) in [6.45, 7) is 5.80. The number of aromatic nitrogens is 2. The standard InChI is InChI=1S/C22H24N4O/c1-2-27-21-13-19-20(12-18(21)14-23)24-25-22(19)17-8-6-7-16(11-17)15-26-9-4-3-5-10-26/h6-8,11-13H,2-5,9-10,15H2,1H3,(H,24,25). The van der Waals surface area contributed by atoms with Crippen LogP contribution < -0.4 is 4.74 Å². The number of nitrogens with one attached hydrogen (secondary N) is 1. The maximum atomic E-state index is 9.35. The monoisotopic (exact) mass is 360 g/mol. The molecule has 0 atom stereocenters. The Kier molecular flexibility index (Phi) is 5.08. The zero-order valence-electron chi connectivity index (χ0n) is 15.7. The number of hydrogen-bond donors (Lipinski definition) is 1. The normalized spacial score (nSPS) is 15.0. The van der Waals surface area contributed by atoms with Gasteiger partial charge in [-0.3, -0.25) is 10.00 Å². The van der Waals surface area contributed by atoms with Crippen LogP contribution >= 0.6 is 0 Å². The molecule has 1 fully saturated rings. The van der Waals surface area contributed by atoms with Crippen LogP contribution in [0.1, 0.15) is 37.3 Å². The molecule has 1 aliphatic rings. The van der Waals surface area contributed by atoms with Gasteiger partial charge in [0.15, 0.2) is 0 Å². The van der Waals surface area contributed by atoms with E-state index in [-0.39, 0.29) is 0 Å². The fourth-order valence-electron chi connectivity index (χ4n) is 3.82. The molecule has 1 aromatic heterocycles. The van der Waals surface area contributed by atoms with Gasteiger partial charge in [0.2, 0.25) is 0 Å². The third kappa shape index (κ3) is 3.67. The van der Waals surface area contributed by atoms with Crippen molar-refractivity contribution >= 4 is 10.9 Å². The number of benzene rings is 2. The van der Waals surface area contributed by atoms with E-state index < -0.39 is 0 Å². The summed E-state index contributed by atoms with van der Waals surface area (Å²) in [7, 11) is 0. The highest BCUT2D eigenvalue weighted by molar-refractivity contribution is 5.94. The van der Waals surface area contributed by atoms with E-state index in [1.165, 1.54) is 37.9 Å². The quantitative estimate of drug-likeness (QED) is 0.728. The van der Waals surface area contributed by atoms with Crippen molar-refractivity contribution in [1.29, 1.82) is 5.26 Å². The molecule has 1 aliphatic heterocycles. The molecule has 0 unspecified atom stereocenters. The van der Waals surface area contributed by atoms with Crippen molar-refractivity contribution in [2.24, 2.45) is 0 Å². The second-order valence-corrected chi connectivity index (χ2v) is 7.05. The maximum absolute atomic E-state index is 9.35. The number of nitriles is 1. The first-order valence-corrected chi connectivity index (χ1v) is 9.65. The molecule has 5 nitrogen and oxygen atoms in total. The molecule has 2 aromatic carbocycles. The summed E-state index contributed by atoms with van der Waals surface area (Å²) >= 11 is 0. The molecule has 138 valence electrons. The van der Waals surface area contributed by atoms with Crippen LogP contribution in [0.4, 0.5) is 0 Å². The summed E-state index contributed by atoms with van der Waals surface area (Å²) in [5.74, 6) is 0.611. The predicted molar refractivity (Wildman–Crippen MR) is 107 cm³/mol. The number of likely N-dealkylation sites (tertiary alicyclic amines) is 1. The number of ether oxygens (including phenoxy) is 1. The lowest BCUT2D eigenvalue weighted by Crippen LogP contribution is -2.29. The van der Waals surface area contributed by atoms with Gasteiger partial charge in [0, 0.05) is 17.5 Å². The van der Waals surface area contributed by atoms with Gasteiger partial charge >= 0.3 is 0 Å². The highest BCUT2D eigenvalue weighted by Crippen LogP contribution is 2.32. The molecule has 2 heterocycles. The van der Waals surface area contributed by atoms with Crippen LogP contribution in [0.15, 0.2) is 36.4 Å². The van der Waals surface area contributed by atoms with E-state index in [0.717, 1.165) is 28.7 Å². The highest BCUT2D eigenvalue weighted by atomic mass is 16.5. The summed E-state index contributed by atoms with van der Waals surface area (Å²) in [5, 5.41) is 17.9. The molecule has 5 heteroatoms. The first-order chi connectivity index (χ1) is 13.3. The van der Waals surface area contributed by atoms with Gasteiger partial charge in [0.05, 0.1) is 17.7 Å². The first kappa shape index (κ1) is 17.6. The average molecular weight is 360 g/mol. The Morgan fingerprint density at radius 1 is 1.19 bits per heavy atom. The van der Waals surface area contributed by atoms with Crippen LogP contribution in [0.3, 0.4) is 0 Å². The van der Waals surface area contributed by atoms with Gasteiger partial charge in [-0.25, -0.2) is 0 Å². The summed E-state index contributed by atoms with van der Waals surface area (Å²) in [4.78, 5) is 2.53. The van der Waals surface area contributed by atoms with E-state index in [9.17, 15) is 5.26 Å². The van der Waals surface area contributed by atoms with E-state index in [0.29, 0.717) is 17.9 Å². The Balaban J connectivity index is 1.68. The zero-order chi connectivity index (χ0) is 18.6. The Labute approximate surface area is 159 Å². The lowest BCUT2D eigenvalue weighted by atomic mass is 10.0. The van der Waals surface area contributed by atoms with Crippen molar-refractivity contribution in [2.75, 3.05) is 19.7 Å². The van der Waals surface area contributed by atoms with E-state index in [2.05, 4.69) is 45.4 Å². The van der Waals surface area contributed by atoms with Gasteiger partial charge in [-0.15, -0.1) is 0 Å². The minimum Gasteiger partial charge on any atom is -0.492 e. The third-order valence-corrected chi connectivity index (χ3v) is 5.14. The fourth-order valence-corrected chi connectivity index (χ4v) is 3.82. The molecule has 0 amide bonds. The van der Waals surface area contributed by atoms with Crippen LogP contribution in [0.2, 0.25) is 0 Å². The molecule has 0 radical (unpaired) electrons. The van der Waals surface area contributed by atoms with Crippen molar-refractivity contribution in [3.8, 4) is 23.1 Å². The average Bonchev–Trinajstić information content (AvgIpc) is 3.11. The Morgan fingerprint density at radius 3 is 2.81 bits per heavy atom. The van der Waals surface area contributed by atoms with Crippen molar-refractivity contribution in [1.82, 2.24) is 15.1 Å². The Hall–Kier alpha value is -2.84. The predicted octanol–water partition coefficient (Wildman–Crippen LogP) is 4.49. The molecular weight excluding hydrogens is 336 g/mol. The topological polar surface area (TPSA) is 64.9 Å². The van der Waals surface area contributed by atoms with Crippen LogP contribution in [0.25, 0.3) is 22.2 Å². The van der Waals surface area contributed by atoms with E-state index in [1.54, 1.807) is 0 Å². The lowest BCUT2D eigenvalue weighted by molar-refractivity contribution is 0.221. The number of rotatable bonds is 5. The number of aromatic amines is 1. The van der Waals surface area contributed by atoms with E-state index >= 15 is 0 Å². The number of fused-ring (bicyclic) bond motifs is 1. The smallest absolute Gasteiger partial charge is 0.137 e. The van der Waals surface area contributed by atoms with Crippen LogP contribution in [-0.4, -0.2) is 34.8 Å². The van der Waals surface area contributed by atoms with E-state index in [1.807, 2.05) is 19.1 Å². The third-order valence-electron chi connectivity index (χ3n) is 5.14. The molecule has 0 spiro atoms. The molecule has 27 heavy (non-hydrogen) atoms. The maximum Gasteiger partial charge on any atom is 0.137 e. The molecule has 4 rings (SSSR count). The SMILES string of the molecule is CCOc1cc2c(-c3cccc(CN4CCCCC4)c3)n[nH]c2cc1C#N. The number of hydrogen-bond acceptors (Lipinski definition) is 4. The van der Waals surface area contributed by atoms with Gasteiger partial charge in [0.25, 0.3) is 0 Å². The highest BCUT2D eigenvalue weighted by Gasteiger charge is 2.15. The fraction of sp³-hybridized carbons (Fsp3) is 0.364. The van der Waals surface area contributed by atoms with Crippen molar-refractivity contribution in [3.05, 3.63) is 47.5 Å². The van der Waals surface area contributed by atoms with Gasteiger partial charge in [0.1, 0.15) is 17.5 Å². The van der Waals surface area contributed by atoms with Crippen molar-refractivity contribution < 1.29 is 4.74 Å². The van der Waals surface area contributed by atoms with Crippen LogP contribution in [0, 0.1) is 11.3 Å². The zero-order valence-corrected chi connectivity index (χ0v) is 15.7. The summed E-state index contributed by atoms with van der Waals surface area (Å²) in [6, 6.07) is 14.5. The van der Waals surface area contributed by atoms with Crippen LogP contribution in [0.5, 0.6) is 5.75 Å². The van der Waals surface area contributed by atoms with Crippen molar-refractivity contribution in [2.45, 2.75) is 32.7 Å². The molecule has 0 saturated carbocycles. The molecule has 3 aromatic rings. The Bertz CT molecular complexity index is 980. The van der Waals surface area contributed by atoms with E-state index in [4.69, 9.17) is 4.74 Å². The minimum absolute atomic E-state index is 0.526.